The van der Waals surface area contributed by atoms with E-state index < -0.39 is 5.91 Å². The molecule has 1 aliphatic rings. The van der Waals surface area contributed by atoms with Crippen LogP contribution in [0, 0.1) is 0 Å². The number of nitrogens with one attached hydrogen (secondary N) is 1. The molecule has 4 rings (SSSR count). The van der Waals surface area contributed by atoms with Crippen molar-refractivity contribution < 1.29 is 10.0 Å². The van der Waals surface area contributed by atoms with Gasteiger partial charge in [-0.1, -0.05) is 30.0 Å². The van der Waals surface area contributed by atoms with Crippen LogP contribution in [0.4, 0.5) is 0 Å². The van der Waals surface area contributed by atoms with Crippen molar-refractivity contribution >= 4 is 28.6 Å². The van der Waals surface area contributed by atoms with Crippen molar-refractivity contribution in [3.05, 3.63) is 59.8 Å². The normalized spacial score (nSPS) is 14.5. The third-order valence-corrected chi connectivity index (χ3v) is 5.75. The van der Waals surface area contributed by atoms with E-state index in [1.807, 2.05) is 12.1 Å². The molecule has 2 N–H and O–H groups in total. The van der Waals surface area contributed by atoms with Gasteiger partial charge in [0.05, 0.1) is 12.2 Å². The molecule has 3 aromatic rings. The first-order valence-electron chi connectivity index (χ1n) is 8.18. The highest BCUT2D eigenvalue weighted by atomic mass is 32.2. The quantitative estimate of drug-likeness (QED) is 0.560. The third kappa shape index (κ3) is 2.93. The summed E-state index contributed by atoms with van der Waals surface area (Å²) in [5.74, 6) is -0.494. The van der Waals surface area contributed by atoms with Gasteiger partial charge in [-0.2, -0.15) is 0 Å². The Morgan fingerprint density at radius 3 is 2.68 bits per heavy atom. The molecule has 1 aliphatic heterocycles. The van der Waals surface area contributed by atoms with Crippen LogP contribution in [-0.4, -0.2) is 34.2 Å². The third-order valence-electron chi connectivity index (χ3n) is 4.58. The standard InChI is InChI=1S/C19H19N3O2S/c1-21-11-10-17-18(15-4-2-3-5-16(15)22(17)12-21)25-14-8-6-13(7-9-14)19(23)20-24/h2-9,24H,10-12H2,1H3,(H,20,23). The molecule has 1 aromatic heterocycles. The van der Waals surface area contributed by atoms with Crippen molar-refractivity contribution in [3.63, 3.8) is 0 Å². The van der Waals surface area contributed by atoms with E-state index >= 15 is 0 Å². The van der Waals surface area contributed by atoms with E-state index in [1.54, 1.807) is 29.4 Å². The average Bonchev–Trinajstić information content (AvgIpc) is 2.95. The van der Waals surface area contributed by atoms with Crippen molar-refractivity contribution in [1.29, 1.82) is 0 Å². The maximum absolute atomic E-state index is 11.5. The van der Waals surface area contributed by atoms with Gasteiger partial charge in [-0.15, -0.1) is 0 Å². The largest absolute Gasteiger partial charge is 0.330 e. The van der Waals surface area contributed by atoms with Gasteiger partial charge < -0.3 is 4.57 Å². The molecule has 2 heterocycles. The lowest BCUT2D eigenvalue weighted by Gasteiger charge is -2.26. The fourth-order valence-corrected chi connectivity index (χ4v) is 4.43. The number of likely N-dealkylation sites (N-methyl/N-ethyl adjacent to an activating group) is 1. The SMILES string of the molecule is CN1CCc2c(Sc3ccc(C(=O)NO)cc3)c3ccccc3n2C1. The van der Waals surface area contributed by atoms with Gasteiger partial charge in [-0.3, -0.25) is 14.9 Å². The van der Waals surface area contributed by atoms with Crippen LogP contribution in [0.25, 0.3) is 10.9 Å². The number of para-hydroxylation sites is 1. The second-order valence-corrected chi connectivity index (χ2v) is 7.34. The number of aromatic nitrogens is 1. The van der Waals surface area contributed by atoms with Crippen LogP contribution in [0.1, 0.15) is 16.1 Å². The predicted molar refractivity (Wildman–Crippen MR) is 98.1 cm³/mol. The van der Waals surface area contributed by atoms with Gasteiger partial charge >= 0.3 is 0 Å². The van der Waals surface area contributed by atoms with Gasteiger partial charge in [-0.25, -0.2) is 5.48 Å². The first kappa shape index (κ1) is 16.2. The van der Waals surface area contributed by atoms with E-state index in [1.165, 1.54) is 21.5 Å². The molecule has 0 aliphatic carbocycles. The highest BCUT2D eigenvalue weighted by Gasteiger charge is 2.22. The number of nitrogens with zero attached hydrogens (tertiary/aromatic N) is 2. The van der Waals surface area contributed by atoms with Crippen LogP contribution in [-0.2, 0) is 13.1 Å². The second kappa shape index (κ2) is 6.55. The molecule has 0 saturated heterocycles. The topological polar surface area (TPSA) is 57.5 Å². The Labute approximate surface area is 150 Å². The molecule has 0 unspecified atom stereocenters. The molecular formula is C19H19N3O2S. The number of carbonyl (C=O) groups excluding carboxylic acids is 1. The first-order valence-corrected chi connectivity index (χ1v) is 9.00. The summed E-state index contributed by atoms with van der Waals surface area (Å²) >= 11 is 1.73. The van der Waals surface area contributed by atoms with Crippen molar-refractivity contribution in [1.82, 2.24) is 14.9 Å². The number of rotatable bonds is 3. The van der Waals surface area contributed by atoms with Crippen LogP contribution < -0.4 is 5.48 Å². The lowest BCUT2D eigenvalue weighted by molar-refractivity contribution is 0.0706. The highest BCUT2D eigenvalue weighted by Crippen LogP contribution is 2.40. The molecule has 6 heteroatoms. The highest BCUT2D eigenvalue weighted by molar-refractivity contribution is 7.99. The zero-order chi connectivity index (χ0) is 17.4. The molecule has 5 nitrogen and oxygen atoms in total. The number of carbonyl (C=O) groups is 1. The van der Waals surface area contributed by atoms with Gasteiger partial charge in [0.25, 0.3) is 5.91 Å². The molecule has 25 heavy (non-hydrogen) atoms. The number of benzene rings is 2. The number of hydrogen-bond donors (Lipinski definition) is 2. The van der Waals surface area contributed by atoms with E-state index in [0.717, 1.165) is 24.5 Å². The Morgan fingerprint density at radius 1 is 1.16 bits per heavy atom. The summed E-state index contributed by atoms with van der Waals surface area (Å²) in [5.41, 5.74) is 4.75. The van der Waals surface area contributed by atoms with Crippen LogP contribution in [0.15, 0.2) is 58.3 Å². The van der Waals surface area contributed by atoms with Gasteiger partial charge in [0.1, 0.15) is 0 Å². The van der Waals surface area contributed by atoms with Crippen molar-refractivity contribution in [2.24, 2.45) is 0 Å². The van der Waals surface area contributed by atoms with Gasteiger partial charge in [0, 0.05) is 39.4 Å². The van der Waals surface area contributed by atoms with Crippen LogP contribution in [0.2, 0.25) is 0 Å². The van der Waals surface area contributed by atoms with Gasteiger partial charge in [0.15, 0.2) is 0 Å². The summed E-state index contributed by atoms with van der Waals surface area (Å²) in [7, 11) is 2.15. The molecule has 0 bridgehead atoms. The fourth-order valence-electron chi connectivity index (χ4n) is 3.31. The summed E-state index contributed by atoms with van der Waals surface area (Å²) < 4.78 is 2.40. The Morgan fingerprint density at radius 2 is 1.92 bits per heavy atom. The van der Waals surface area contributed by atoms with E-state index in [0.29, 0.717) is 5.56 Å². The van der Waals surface area contributed by atoms with Crippen molar-refractivity contribution in [2.45, 2.75) is 22.9 Å². The fraction of sp³-hybridized carbons (Fsp3) is 0.211. The Hall–Kier alpha value is -2.28. The maximum Gasteiger partial charge on any atom is 0.274 e. The minimum atomic E-state index is -0.494. The smallest absolute Gasteiger partial charge is 0.274 e. The molecule has 0 atom stereocenters. The second-order valence-electron chi connectivity index (χ2n) is 6.26. The van der Waals surface area contributed by atoms with Gasteiger partial charge in [-0.05, 0) is 37.4 Å². The van der Waals surface area contributed by atoms with Crippen LogP contribution in [0.5, 0.6) is 0 Å². The summed E-state index contributed by atoms with van der Waals surface area (Å²) in [6.45, 7) is 1.96. The molecule has 2 aromatic carbocycles. The minimum Gasteiger partial charge on any atom is -0.330 e. The number of fused-ring (bicyclic) bond motifs is 3. The van der Waals surface area contributed by atoms with E-state index in [-0.39, 0.29) is 0 Å². The molecule has 0 spiro atoms. The van der Waals surface area contributed by atoms with E-state index in [9.17, 15) is 4.79 Å². The van der Waals surface area contributed by atoms with Crippen LogP contribution in [0.3, 0.4) is 0 Å². The zero-order valence-electron chi connectivity index (χ0n) is 13.9. The lowest BCUT2D eigenvalue weighted by Crippen LogP contribution is -2.30. The number of hydroxylamine groups is 1. The number of amides is 1. The summed E-state index contributed by atoms with van der Waals surface area (Å²) in [6.07, 6.45) is 1.03. The van der Waals surface area contributed by atoms with Crippen molar-refractivity contribution in [3.8, 4) is 0 Å². The maximum atomic E-state index is 11.5. The first-order chi connectivity index (χ1) is 12.2. The Kier molecular flexibility index (Phi) is 4.25. The summed E-state index contributed by atoms with van der Waals surface area (Å²) in [6, 6.07) is 15.8. The Bertz CT molecular complexity index is 934. The lowest BCUT2D eigenvalue weighted by atomic mass is 10.2. The average molecular weight is 353 g/mol. The molecule has 0 radical (unpaired) electrons. The molecule has 0 fully saturated rings. The zero-order valence-corrected chi connectivity index (χ0v) is 14.7. The molecule has 1 amide bonds. The number of hydrogen-bond acceptors (Lipinski definition) is 4. The summed E-state index contributed by atoms with van der Waals surface area (Å²) in [5, 5.41) is 10.00. The summed E-state index contributed by atoms with van der Waals surface area (Å²) in [4.78, 5) is 16.2. The molecular weight excluding hydrogens is 334 g/mol. The molecule has 128 valence electrons. The van der Waals surface area contributed by atoms with Gasteiger partial charge in [0.2, 0.25) is 0 Å². The van der Waals surface area contributed by atoms with E-state index in [2.05, 4.69) is 40.8 Å². The predicted octanol–water partition coefficient (Wildman–Crippen LogP) is 3.36. The van der Waals surface area contributed by atoms with E-state index in [4.69, 9.17) is 5.21 Å². The molecule has 0 saturated carbocycles. The van der Waals surface area contributed by atoms with Crippen molar-refractivity contribution in [2.75, 3.05) is 13.6 Å². The van der Waals surface area contributed by atoms with Crippen LogP contribution >= 0.6 is 11.8 Å². The Balaban J connectivity index is 1.73. The monoisotopic (exact) mass is 353 g/mol. The minimum absolute atomic E-state index is 0.442.